The fourth-order valence-corrected chi connectivity index (χ4v) is 1.32. The van der Waals surface area contributed by atoms with Gasteiger partial charge in [-0.2, -0.15) is 0 Å². The number of nitrogens with zero attached hydrogens (tertiary/aromatic N) is 1. The number of benzene rings is 1. The lowest BCUT2D eigenvalue weighted by Gasteiger charge is -2.21. The molecule has 0 spiro atoms. The van der Waals surface area contributed by atoms with Crippen LogP contribution in [0.15, 0.2) is 18.2 Å². The van der Waals surface area contributed by atoms with Crippen molar-refractivity contribution in [3.8, 4) is 0 Å². The van der Waals surface area contributed by atoms with E-state index in [4.69, 9.17) is 5.11 Å². The van der Waals surface area contributed by atoms with Crippen molar-refractivity contribution in [2.75, 3.05) is 7.05 Å². The van der Waals surface area contributed by atoms with E-state index < -0.39 is 23.7 Å². The number of likely N-dealkylation sites (N-methyl/N-ethyl adjacent to an activating group) is 1. The van der Waals surface area contributed by atoms with Crippen molar-refractivity contribution in [2.24, 2.45) is 0 Å². The number of carbonyl (C=O) groups excluding carboxylic acids is 1. The van der Waals surface area contributed by atoms with E-state index in [0.29, 0.717) is 5.56 Å². The van der Waals surface area contributed by atoms with Crippen LogP contribution in [0.2, 0.25) is 0 Å². The Hall–Kier alpha value is -1.91. The zero-order valence-electron chi connectivity index (χ0n) is 9.90. The molecule has 1 aromatic carbocycles. The van der Waals surface area contributed by atoms with Crippen LogP contribution in [0.5, 0.6) is 0 Å². The number of carboxylic acids is 1. The molecule has 0 aromatic heterocycles. The van der Waals surface area contributed by atoms with E-state index in [1.54, 1.807) is 6.92 Å². The van der Waals surface area contributed by atoms with Crippen molar-refractivity contribution in [3.63, 3.8) is 0 Å². The summed E-state index contributed by atoms with van der Waals surface area (Å²) in [7, 11) is 1.40. The molecule has 0 aliphatic rings. The zero-order chi connectivity index (χ0) is 13.2. The van der Waals surface area contributed by atoms with Crippen LogP contribution >= 0.6 is 0 Å². The quantitative estimate of drug-likeness (QED) is 0.873. The highest BCUT2D eigenvalue weighted by atomic mass is 19.1. The highest BCUT2D eigenvalue weighted by molar-refractivity contribution is 5.96. The highest BCUT2D eigenvalue weighted by Gasteiger charge is 2.22. The van der Waals surface area contributed by atoms with E-state index >= 15 is 0 Å². The van der Waals surface area contributed by atoms with Gasteiger partial charge in [0, 0.05) is 12.6 Å². The molecule has 0 aliphatic heterocycles. The molecular formula is C12H14FNO3. The smallest absolute Gasteiger partial charge is 0.326 e. The molecule has 1 amide bonds. The Labute approximate surface area is 98.7 Å². The van der Waals surface area contributed by atoms with E-state index in [-0.39, 0.29) is 5.56 Å². The van der Waals surface area contributed by atoms with Crippen LogP contribution in [0.25, 0.3) is 0 Å². The molecule has 5 heteroatoms. The van der Waals surface area contributed by atoms with Gasteiger partial charge in [-0.25, -0.2) is 9.18 Å². The summed E-state index contributed by atoms with van der Waals surface area (Å²) in [6, 6.07) is 3.02. The van der Waals surface area contributed by atoms with E-state index in [1.807, 2.05) is 0 Å². The van der Waals surface area contributed by atoms with E-state index in [9.17, 15) is 14.0 Å². The van der Waals surface area contributed by atoms with Gasteiger partial charge < -0.3 is 10.0 Å². The van der Waals surface area contributed by atoms with Crippen LogP contribution in [-0.4, -0.2) is 35.0 Å². The van der Waals surface area contributed by atoms with Gasteiger partial charge in [-0.15, -0.1) is 0 Å². The monoisotopic (exact) mass is 239 g/mol. The predicted octanol–water partition coefficient (Wildman–Crippen LogP) is 1.68. The molecule has 0 heterocycles. The topological polar surface area (TPSA) is 57.6 Å². The SMILES string of the molecule is Cc1cc(C(=O)N(C)C(C)C(=O)O)ccc1F. The maximum atomic E-state index is 13.0. The van der Waals surface area contributed by atoms with Crippen molar-refractivity contribution in [1.82, 2.24) is 4.90 Å². The molecule has 17 heavy (non-hydrogen) atoms. The second-order valence-electron chi connectivity index (χ2n) is 3.89. The number of carbonyl (C=O) groups is 2. The number of hydrogen-bond acceptors (Lipinski definition) is 2. The zero-order valence-corrected chi connectivity index (χ0v) is 9.90. The van der Waals surface area contributed by atoms with Gasteiger partial charge in [-0.1, -0.05) is 0 Å². The molecule has 0 saturated heterocycles. The normalized spacial score (nSPS) is 12.0. The van der Waals surface area contributed by atoms with Crippen LogP contribution in [0, 0.1) is 12.7 Å². The van der Waals surface area contributed by atoms with Crippen LogP contribution in [0.1, 0.15) is 22.8 Å². The fourth-order valence-electron chi connectivity index (χ4n) is 1.32. The van der Waals surface area contributed by atoms with Crippen LogP contribution in [0.3, 0.4) is 0 Å². The summed E-state index contributed by atoms with van der Waals surface area (Å²) in [5.74, 6) is -1.92. The lowest BCUT2D eigenvalue weighted by molar-refractivity contribution is -0.141. The van der Waals surface area contributed by atoms with E-state index in [1.165, 1.54) is 32.2 Å². The fraction of sp³-hybridized carbons (Fsp3) is 0.333. The first kappa shape index (κ1) is 13.2. The van der Waals surface area contributed by atoms with E-state index in [0.717, 1.165) is 4.90 Å². The summed E-state index contributed by atoms with van der Waals surface area (Å²) in [5, 5.41) is 8.79. The Bertz CT molecular complexity index is 459. The number of halogens is 1. The summed E-state index contributed by atoms with van der Waals surface area (Å²) in [5.41, 5.74) is 0.631. The maximum absolute atomic E-state index is 13.0. The molecule has 4 nitrogen and oxygen atoms in total. The van der Waals surface area contributed by atoms with Gasteiger partial charge in [0.25, 0.3) is 5.91 Å². The molecule has 0 saturated carbocycles. The number of amides is 1. The third-order valence-corrected chi connectivity index (χ3v) is 2.66. The Balaban J connectivity index is 2.96. The summed E-state index contributed by atoms with van der Waals surface area (Å²) in [6.45, 7) is 2.96. The molecule has 0 fully saturated rings. The van der Waals surface area contributed by atoms with Crippen molar-refractivity contribution in [1.29, 1.82) is 0 Å². The van der Waals surface area contributed by atoms with Crippen molar-refractivity contribution >= 4 is 11.9 Å². The molecule has 0 bridgehead atoms. The molecule has 0 aliphatic carbocycles. The van der Waals surface area contributed by atoms with Gasteiger partial charge in [-0.3, -0.25) is 4.79 Å². The van der Waals surface area contributed by atoms with Crippen LogP contribution in [0.4, 0.5) is 4.39 Å². The van der Waals surface area contributed by atoms with Gasteiger partial charge in [0.1, 0.15) is 11.9 Å². The third-order valence-electron chi connectivity index (χ3n) is 2.66. The second kappa shape index (κ2) is 4.95. The summed E-state index contributed by atoms with van der Waals surface area (Å²) >= 11 is 0. The van der Waals surface area contributed by atoms with Gasteiger partial charge in [0.05, 0.1) is 0 Å². The van der Waals surface area contributed by atoms with Crippen LogP contribution < -0.4 is 0 Å². The molecule has 1 rings (SSSR count). The predicted molar refractivity (Wildman–Crippen MR) is 60.3 cm³/mol. The van der Waals surface area contributed by atoms with Crippen molar-refractivity contribution in [2.45, 2.75) is 19.9 Å². The molecule has 1 atom stereocenters. The molecule has 1 aromatic rings. The first-order valence-corrected chi connectivity index (χ1v) is 5.10. The Morgan fingerprint density at radius 2 is 2.00 bits per heavy atom. The lowest BCUT2D eigenvalue weighted by Crippen LogP contribution is -2.40. The first-order valence-electron chi connectivity index (χ1n) is 5.10. The third kappa shape index (κ3) is 2.81. The summed E-state index contributed by atoms with van der Waals surface area (Å²) < 4.78 is 13.0. The van der Waals surface area contributed by atoms with Crippen LogP contribution in [-0.2, 0) is 4.79 Å². The lowest BCUT2D eigenvalue weighted by atomic mass is 10.1. The minimum atomic E-state index is -1.08. The molecular weight excluding hydrogens is 225 g/mol. The van der Waals surface area contributed by atoms with Gasteiger partial charge in [-0.05, 0) is 37.6 Å². The Kier molecular flexibility index (Phi) is 3.83. The average Bonchev–Trinajstić information content (AvgIpc) is 2.29. The minimum absolute atomic E-state index is 0.277. The number of aliphatic carboxylic acids is 1. The molecule has 1 N–H and O–H groups in total. The largest absolute Gasteiger partial charge is 0.480 e. The Morgan fingerprint density at radius 1 is 1.41 bits per heavy atom. The summed E-state index contributed by atoms with van der Waals surface area (Å²) in [4.78, 5) is 23.7. The van der Waals surface area contributed by atoms with Gasteiger partial charge >= 0.3 is 5.97 Å². The number of carboxylic acid groups (broad SMARTS) is 1. The summed E-state index contributed by atoms with van der Waals surface area (Å²) in [6.07, 6.45) is 0. The molecule has 92 valence electrons. The highest BCUT2D eigenvalue weighted by Crippen LogP contribution is 2.12. The minimum Gasteiger partial charge on any atom is -0.480 e. The molecule has 0 radical (unpaired) electrons. The number of rotatable bonds is 3. The number of aryl methyl sites for hydroxylation is 1. The van der Waals surface area contributed by atoms with E-state index in [2.05, 4.69) is 0 Å². The Morgan fingerprint density at radius 3 is 2.47 bits per heavy atom. The average molecular weight is 239 g/mol. The van der Waals surface area contributed by atoms with Gasteiger partial charge in [0.15, 0.2) is 0 Å². The van der Waals surface area contributed by atoms with Gasteiger partial charge in [0.2, 0.25) is 0 Å². The molecule has 1 unspecified atom stereocenters. The first-order chi connectivity index (χ1) is 7.84. The maximum Gasteiger partial charge on any atom is 0.326 e. The second-order valence-corrected chi connectivity index (χ2v) is 3.89. The van der Waals surface area contributed by atoms with Crippen molar-refractivity contribution < 1.29 is 19.1 Å². The standard InChI is InChI=1S/C12H14FNO3/c1-7-6-9(4-5-10(7)13)11(15)14(3)8(2)12(16)17/h4-6,8H,1-3H3,(H,16,17). The van der Waals surface area contributed by atoms with Crippen molar-refractivity contribution in [3.05, 3.63) is 35.1 Å². The number of hydrogen-bond donors (Lipinski definition) is 1.